The SMILES string of the molecule is Cc1csc(C(=O)N2CCNCc3ccccc32)c1Cl. The summed E-state index contributed by atoms with van der Waals surface area (Å²) in [4.78, 5) is 15.2. The van der Waals surface area contributed by atoms with Gasteiger partial charge in [0.05, 0.1) is 5.02 Å². The normalized spacial score (nSPS) is 14.8. The molecule has 0 aliphatic carbocycles. The molecule has 2 aromatic rings. The van der Waals surface area contributed by atoms with E-state index in [-0.39, 0.29) is 5.91 Å². The maximum absolute atomic E-state index is 12.8. The molecule has 1 aromatic carbocycles. The number of carbonyl (C=O) groups is 1. The second-order valence-electron chi connectivity index (χ2n) is 4.82. The highest BCUT2D eigenvalue weighted by atomic mass is 35.5. The third-order valence-electron chi connectivity index (χ3n) is 3.45. The summed E-state index contributed by atoms with van der Waals surface area (Å²) in [5, 5.41) is 5.84. The lowest BCUT2D eigenvalue weighted by molar-refractivity contribution is 0.0991. The van der Waals surface area contributed by atoms with Gasteiger partial charge in [-0.1, -0.05) is 29.8 Å². The van der Waals surface area contributed by atoms with Crippen LogP contribution >= 0.6 is 22.9 Å². The Bertz CT molecular complexity index is 653. The van der Waals surface area contributed by atoms with E-state index < -0.39 is 0 Å². The van der Waals surface area contributed by atoms with Gasteiger partial charge in [-0.15, -0.1) is 11.3 Å². The van der Waals surface area contributed by atoms with E-state index >= 15 is 0 Å². The lowest BCUT2D eigenvalue weighted by Gasteiger charge is -2.22. The molecule has 3 rings (SSSR count). The standard InChI is InChI=1S/C15H15ClN2OS/c1-10-9-20-14(13(10)16)15(19)18-7-6-17-8-11-4-2-3-5-12(11)18/h2-5,9,17H,6-8H2,1H3. The Labute approximate surface area is 127 Å². The zero-order valence-corrected chi connectivity index (χ0v) is 12.7. The van der Waals surface area contributed by atoms with Gasteiger partial charge in [-0.3, -0.25) is 4.79 Å². The van der Waals surface area contributed by atoms with Crippen LogP contribution in [0.1, 0.15) is 20.8 Å². The fourth-order valence-electron chi connectivity index (χ4n) is 2.37. The third-order valence-corrected chi connectivity index (χ3v) is 5.13. The Balaban J connectivity index is 2.01. The zero-order chi connectivity index (χ0) is 14.1. The molecule has 20 heavy (non-hydrogen) atoms. The summed E-state index contributed by atoms with van der Waals surface area (Å²) >= 11 is 7.65. The van der Waals surface area contributed by atoms with E-state index in [9.17, 15) is 4.79 Å². The first-order valence-corrected chi connectivity index (χ1v) is 7.78. The molecule has 0 spiro atoms. The minimum absolute atomic E-state index is 0.00995. The van der Waals surface area contributed by atoms with Crippen LogP contribution in [0.15, 0.2) is 29.6 Å². The number of carbonyl (C=O) groups excluding carboxylic acids is 1. The first kappa shape index (κ1) is 13.6. The average Bonchev–Trinajstić information content (AvgIpc) is 2.68. The summed E-state index contributed by atoms with van der Waals surface area (Å²) < 4.78 is 0. The van der Waals surface area contributed by atoms with E-state index in [1.807, 2.05) is 35.4 Å². The Morgan fingerprint density at radius 2 is 2.20 bits per heavy atom. The van der Waals surface area contributed by atoms with E-state index in [1.54, 1.807) is 0 Å². The van der Waals surface area contributed by atoms with Crippen molar-refractivity contribution < 1.29 is 4.79 Å². The highest BCUT2D eigenvalue weighted by Gasteiger charge is 2.25. The third kappa shape index (κ3) is 2.35. The second kappa shape index (κ2) is 5.56. The number of para-hydroxylation sites is 1. The number of hydrogen-bond donors (Lipinski definition) is 1. The lowest BCUT2D eigenvalue weighted by atomic mass is 10.1. The Kier molecular flexibility index (Phi) is 3.78. The molecule has 1 aliphatic rings. The van der Waals surface area contributed by atoms with Gasteiger partial charge in [0.25, 0.3) is 5.91 Å². The van der Waals surface area contributed by atoms with E-state index in [0.717, 1.165) is 29.9 Å². The molecule has 1 aromatic heterocycles. The molecule has 1 aliphatic heterocycles. The number of nitrogens with one attached hydrogen (secondary N) is 1. The Morgan fingerprint density at radius 3 is 2.95 bits per heavy atom. The van der Waals surface area contributed by atoms with Crippen LogP contribution < -0.4 is 10.2 Å². The average molecular weight is 307 g/mol. The van der Waals surface area contributed by atoms with Gasteiger partial charge in [0.1, 0.15) is 4.88 Å². The van der Waals surface area contributed by atoms with Crippen LogP contribution in [0.25, 0.3) is 0 Å². The largest absolute Gasteiger partial charge is 0.311 e. The van der Waals surface area contributed by atoms with Gasteiger partial charge in [-0.2, -0.15) is 0 Å². The Morgan fingerprint density at radius 1 is 1.40 bits per heavy atom. The predicted octanol–water partition coefficient (Wildman–Crippen LogP) is 3.46. The number of benzene rings is 1. The molecule has 3 nitrogen and oxygen atoms in total. The van der Waals surface area contributed by atoms with Gasteiger partial charge >= 0.3 is 0 Å². The number of nitrogens with zero attached hydrogens (tertiary/aromatic N) is 1. The summed E-state index contributed by atoms with van der Waals surface area (Å²) in [5.41, 5.74) is 3.08. The van der Waals surface area contributed by atoms with Crippen molar-refractivity contribution in [3.8, 4) is 0 Å². The fourth-order valence-corrected chi connectivity index (χ4v) is 3.59. The van der Waals surface area contributed by atoms with E-state index in [4.69, 9.17) is 11.6 Å². The number of hydrogen-bond acceptors (Lipinski definition) is 3. The van der Waals surface area contributed by atoms with E-state index in [2.05, 4.69) is 11.4 Å². The molecule has 5 heteroatoms. The monoisotopic (exact) mass is 306 g/mol. The van der Waals surface area contributed by atoms with Crippen molar-refractivity contribution in [1.29, 1.82) is 0 Å². The number of rotatable bonds is 1. The molecular formula is C15H15ClN2OS. The number of thiophene rings is 1. The van der Waals surface area contributed by atoms with Gasteiger partial charge in [-0.25, -0.2) is 0 Å². The molecule has 0 fully saturated rings. The summed E-state index contributed by atoms with van der Waals surface area (Å²) in [6, 6.07) is 8.01. The summed E-state index contributed by atoms with van der Waals surface area (Å²) in [5.74, 6) is -0.00995. The van der Waals surface area contributed by atoms with E-state index in [0.29, 0.717) is 16.4 Å². The number of fused-ring (bicyclic) bond motifs is 1. The van der Waals surface area contributed by atoms with Crippen LogP contribution in [0.5, 0.6) is 0 Å². The van der Waals surface area contributed by atoms with Gasteiger partial charge in [0.2, 0.25) is 0 Å². The zero-order valence-electron chi connectivity index (χ0n) is 11.1. The van der Waals surface area contributed by atoms with Gasteiger partial charge in [-0.05, 0) is 29.5 Å². The number of aryl methyl sites for hydroxylation is 1. The minimum atomic E-state index is -0.00995. The molecule has 104 valence electrons. The quantitative estimate of drug-likeness (QED) is 0.875. The van der Waals surface area contributed by atoms with Crippen LogP contribution in [0.2, 0.25) is 5.02 Å². The van der Waals surface area contributed by atoms with Crippen LogP contribution in [0.4, 0.5) is 5.69 Å². The minimum Gasteiger partial charge on any atom is -0.311 e. The van der Waals surface area contributed by atoms with Crippen molar-refractivity contribution in [3.05, 3.63) is 50.7 Å². The smallest absolute Gasteiger partial charge is 0.269 e. The van der Waals surface area contributed by atoms with Gasteiger partial charge in [0, 0.05) is 25.3 Å². The lowest BCUT2D eigenvalue weighted by Crippen LogP contribution is -2.34. The maximum atomic E-state index is 12.8. The number of amides is 1. The second-order valence-corrected chi connectivity index (χ2v) is 6.08. The van der Waals surface area contributed by atoms with Crippen molar-refractivity contribution >= 4 is 34.5 Å². The van der Waals surface area contributed by atoms with Crippen LogP contribution in [-0.2, 0) is 6.54 Å². The number of halogens is 1. The molecule has 2 heterocycles. The molecule has 0 saturated carbocycles. The molecular weight excluding hydrogens is 292 g/mol. The molecule has 0 saturated heterocycles. The van der Waals surface area contributed by atoms with Crippen molar-refractivity contribution in [2.75, 3.05) is 18.0 Å². The topological polar surface area (TPSA) is 32.3 Å². The first-order valence-electron chi connectivity index (χ1n) is 6.52. The highest BCUT2D eigenvalue weighted by molar-refractivity contribution is 7.13. The number of anilines is 1. The highest BCUT2D eigenvalue weighted by Crippen LogP contribution is 2.31. The van der Waals surface area contributed by atoms with Crippen LogP contribution in [-0.4, -0.2) is 19.0 Å². The van der Waals surface area contributed by atoms with Crippen LogP contribution in [0.3, 0.4) is 0 Å². The molecule has 1 N–H and O–H groups in total. The Hall–Kier alpha value is -1.36. The molecule has 0 bridgehead atoms. The van der Waals surface area contributed by atoms with Crippen molar-refractivity contribution in [1.82, 2.24) is 5.32 Å². The molecule has 0 radical (unpaired) electrons. The predicted molar refractivity (Wildman–Crippen MR) is 83.9 cm³/mol. The summed E-state index contributed by atoms with van der Waals surface area (Å²) in [7, 11) is 0. The first-order chi connectivity index (χ1) is 9.68. The van der Waals surface area contributed by atoms with E-state index in [1.165, 1.54) is 11.3 Å². The fraction of sp³-hybridized carbons (Fsp3) is 0.267. The van der Waals surface area contributed by atoms with Gasteiger partial charge < -0.3 is 10.2 Å². The van der Waals surface area contributed by atoms with Crippen molar-refractivity contribution in [3.63, 3.8) is 0 Å². The maximum Gasteiger partial charge on any atom is 0.269 e. The summed E-state index contributed by atoms with van der Waals surface area (Å²) in [6.07, 6.45) is 0. The molecule has 1 amide bonds. The van der Waals surface area contributed by atoms with Gasteiger partial charge in [0.15, 0.2) is 0 Å². The summed E-state index contributed by atoms with van der Waals surface area (Å²) in [6.45, 7) is 4.15. The van der Waals surface area contributed by atoms with Crippen molar-refractivity contribution in [2.45, 2.75) is 13.5 Å². The van der Waals surface area contributed by atoms with Crippen LogP contribution in [0, 0.1) is 6.92 Å². The van der Waals surface area contributed by atoms with Crippen molar-refractivity contribution in [2.24, 2.45) is 0 Å². The molecule has 0 atom stereocenters. The molecule has 0 unspecified atom stereocenters.